The Balaban J connectivity index is 1.75. The topological polar surface area (TPSA) is 58.0 Å². The van der Waals surface area contributed by atoms with Crippen molar-refractivity contribution in [3.63, 3.8) is 0 Å². The molecule has 0 fully saturated rings. The highest BCUT2D eigenvalue weighted by Crippen LogP contribution is 2.18. The minimum absolute atomic E-state index is 0.245. The van der Waals surface area contributed by atoms with E-state index in [0.29, 0.717) is 6.54 Å². The average molecular weight is 293 g/mol. The lowest BCUT2D eigenvalue weighted by atomic mass is 10.1. The molecule has 3 heterocycles. The summed E-state index contributed by atoms with van der Waals surface area (Å²) in [7, 11) is 0. The van der Waals surface area contributed by atoms with E-state index in [-0.39, 0.29) is 12.1 Å². The highest BCUT2D eigenvalue weighted by Gasteiger charge is 2.15. The largest absolute Gasteiger partial charge is 0.322 e. The van der Waals surface area contributed by atoms with Crippen molar-refractivity contribution in [2.45, 2.75) is 32.5 Å². The zero-order chi connectivity index (χ0) is 15.5. The van der Waals surface area contributed by atoms with Crippen LogP contribution in [0.15, 0.2) is 49.1 Å². The van der Waals surface area contributed by atoms with E-state index in [1.54, 1.807) is 6.20 Å². The summed E-state index contributed by atoms with van der Waals surface area (Å²) in [4.78, 5) is 0. The predicted octanol–water partition coefficient (Wildman–Crippen LogP) is 2.75. The standard InChI is InChI=1S/C17H19N5/c1-13(14(2)22-9-5-7-20-22)19-11-15-12-21-8-4-3-6-17(21)16(15)10-18/h3-9,12-14,19H,11H2,1-2H3/t13-,14+/m1/s1. The van der Waals surface area contributed by atoms with Crippen LogP contribution in [0.4, 0.5) is 0 Å². The van der Waals surface area contributed by atoms with Gasteiger partial charge in [0.25, 0.3) is 0 Å². The van der Waals surface area contributed by atoms with Crippen LogP contribution in [0.2, 0.25) is 0 Å². The summed E-state index contributed by atoms with van der Waals surface area (Å²) >= 11 is 0. The van der Waals surface area contributed by atoms with E-state index in [0.717, 1.165) is 16.6 Å². The molecule has 3 aromatic heterocycles. The monoisotopic (exact) mass is 293 g/mol. The van der Waals surface area contributed by atoms with Gasteiger partial charge in [-0.2, -0.15) is 10.4 Å². The molecule has 0 aliphatic carbocycles. The first-order chi connectivity index (χ1) is 10.7. The van der Waals surface area contributed by atoms with Crippen LogP contribution >= 0.6 is 0 Å². The quantitative estimate of drug-likeness (QED) is 0.787. The van der Waals surface area contributed by atoms with Crippen molar-refractivity contribution >= 4 is 5.52 Å². The minimum Gasteiger partial charge on any atom is -0.322 e. The van der Waals surface area contributed by atoms with Gasteiger partial charge in [-0.3, -0.25) is 4.68 Å². The molecule has 0 aliphatic rings. The fraction of sp³-hybridized carbons (Fsp3) is 0.294. The number of hydrogen-bond donors (Lipinski definition) is 1. The average Bonchev–Trinajstić information content (AvgIpc) is 3.18. The molecule has 1 N–H and O–H groups in total. The van der Waals surface area contributed by atoms with Crippen LogP contribution in [0.3, 0.4) is 0 Å². The summed E-state index contributed by atoms with van der Waals surface area (Å²) in [6.45, 7) is 4.93. The summed E-state index contributed by atoms with van der Waals surface area (Å²) in [5.41, 5.74) is 2.72. The molecule has 5 heteroatoms. The van der Waals surface area contributed by atoms with Gasteiger partial charge in [0.2, 0.25) is 0 Å². The third kappa shape index (κ3) is 2.61. The normalized spacial score (nSPS) is 13.9. The highest BCUT2D eigenvalue weighted by atomic mass is 15.3. The van der Waals surface area contributed by atoms with Gasteiger partial charge in [0.15, 0.2) is 0 Å². The Morgan fingerprint density at radius 3 is 2.86 bits per heavy atom. The Hall–Kier alpha value is -2.58. The van der Waals surface area contributed by atoms with E-state index >= 15 is 0 Å². The fourth-order valence-corrected chi connectivity index (χ4v) is 2.63. The number of nitrogens with zero attached hydrogens (tertiary/aromatic N) is 4. The third-order valence-electron chi connectivity index (χ3n) is 4.15. The van der Waals surface area contributed by atoms with Gasteiger partial charge in [0.1, 0.15) is 6.07 Å². The Morgan fingerprint density at radius 1 is 1.27 bits per heavy atom. The Morgan fingerprint density at radius 2 is 2.14 bits per heavy atom. The van der Waals surface area contributed by atoms with Crippen molar-refractivity contribution in [2.75, 3.05) is 0 Å². The number of fused-ring (bicyclic) bond motifs is 1. The molecule has 0 amide bonds. The Labute approximate surface area is 129 Å². The van der Waals surface area contributed by atoms with Crippen LogP contribution < -0.4 is 5.32 Å². The molecule has 22 heavy (non-hydrogen) atoms. The fourth-order valence-electron chi connectivity index (χ4n) is 2.63. The van der Waals surface area contributed by atoms with Crippen LogP contribution in [-0.4, -0.2) is 20.2 Å². The van der Waals surface area contributed by atoms with Gasteiger partial charge >= 0.3 is 0 Å². The molecule has 0 radical (unpaired) electrons. The first kappa shape index (κ1) is 14.4. The number of nitrogens with one attached hydrogen (secondary N) is 1. The molecule has 2 atom stereocenters. The van der Waals surface area contributed by atoms with E-state index in [2.05, 4.69) is 30.3 Å². The molecule has 0 saturated carbocycles. The molecule has 3 rings (SSSR count). The van der Waals surface area contributed by atoms with Gasteiger partial charge < -0.3 is 9.72 Å². The lowest BCUT2D eigenvalue weighted by Gasteiger charge is -2.21. The van der Waals surface area contributed by atoms with Gasteiger partial charge in [-0.25, -0.2) is 0 Å². The minimum atomic E-state index is 0.245. The lowest BCUT2D eigenvalue weighted by molar-refractivity contribution is 0.365. The van der Waals surface area contributed by atoms with Crippen molar-refractivity contribution < 1.29 is 0 Å². The summed E-state index contributed by atoms with van der Waals surface area (Å²) in [5, 5.41) is 17.2. The molecule has 0 aliphatic heterocycles. The molecule has 5 nitrogen and oxygen atoms in total. The van der Waals surface area contributed by atoms with E-state index in [4.69, 9.17) is 0 Å². The van der Waals surface area contributed by atoms with E-state index in [1.807, 2.05) is 51.9 Å². The second-order valence-corrected chi connectivity index (χ2v) is 5.53. The number of nitriles is 1. The first-order valence-electron chi connectivity index (χ1n) is 7.42. The molecule has 0 saturated heterocycles. The first-order valence-corrected chi connectivity index (χ1v) is 7.42. The molecule has 0 bridgehead atoms. The van der Waals surface area contributed by atoms with Gasteiger partial charge in [0.05, 0.1) is 17.1 Å². The molecule has 0 spiro atoms. The number of hydrogen-bond acceptors (Lipinski definition) is 3. The summed E-state index contributed by atoms with van der Waals surface area (Å²) < 4.78 is 3.94. The van der Waals surface area contributed by atoms with E-state index < -0.39 is 0 Å². The van der Waals surface area contributed by atoms with Crippen LogP contribution in [-0.2, 0) is 6.54 Å². The predicted molar refractivity (Wildman–Crippen MR) is 85.4 cm³/mol. The second kappa shape index (κ2) is 6.04. The van der Waals surface area contributed by atoms with Crippen molar-refractivity contribution in [1.82, 2.24) is 19.5 Å². The number of rotatable bonds is 5. The van der Waals surface area contributed by atoms with Gasteiger partial charge in [-0.05, 0) is 32.0 Å². The van der Waals surface area contributed by atoms with Crippen LogP contribution in [0.5, 0.6) is 0 Å². The molecular formula is C17H19N5. The maximum absolute atomic E-state index is 9.42. The van der Waals surface area contributed by atoms with Gasteiger partial charge in [0, 0.05) is 42.9 Å². The molecular weight excluding hydrogens is 274 g/mol. The lowest BCUT2D eigenvalue weighted by Crippen LogP contribution is -2.33. The second-order valence-electron chi connectivity index (χ2n) is 5.53. The van der Waals surface area contributed by atoms with Crippen LogP contribution in [0.25, 0.3) is 5.52 Å². The maximum Gasteiger partial charge on any atom is 0.102 e. The van der Waals surface area contributed by atoms with Gasteiger partial charge in [-0.15, -0.1) is 0 Å². The van der Waals surface area contributed by atoms with Crippen LogP contribution in [0, 0.1) is 11.3 Å². The molecule has 0 aromatic carbocycles. The zero-order valence-corrected chi connectivity index (χ0v) is 12.8. The van der Waals surface area contributed by atoms with E-state index in [1.165, 1.54) is 0 Å². The summed E-state index contributed by atoms with van der Waals surface area (Å²) in [5.74, 6) is 0. The maximum atomic E-state index is 9.42. The van der Waals surface area contributed by atoms with E-state index in [9.17, 15) is 5.26 Å². The summed E-state index contributed by atoms with van der Waals surface area (Å²) in [6.07, 6.45) is 7.75. The Bertz CT molecular complexity index is 794. The smallest absolute Gasteiger partial charge is 0.102 e. The molecule has 3 aromatic rings. The van der Waals surface area contributed by atoms with Crippen LogP contribution in [0.1, 0.15) is 31.0 Å². The number of aromatic nitrogens is 3. The molecule has 0 unspecified atom stereocenters. The van der Waals surface area contributed by atoms with Crippen molar-refractivity contribution in [2.24, 2.45) is 0 Å². The summed E-state index contributed by atoms with van der Waals surface area (Å²) in [6, 6.07) is 10.6. The Kier molecular flexibility index (Phi) is 3.94. The van der Waals surface area contributed by atoms with Crippen molar-refractivity contribution in [3.8, 4) is 6.07 Å². The van der Waals surface area contributed by atoms with Gasteiger partial charge in [-0.1, -0.05) is 6.07 Å². The zero-order valence-electron chi connectivity index (χ0n) is 12.8. The number of pyridine rings is 1. The highest BCUT2D eigenvalue weighted by molar-refractivity contribution is 5.65. The third-order valence-corrected chi connectivity index (χ3v) is 4.15. The molecule has 112 valence electrons. The SMILES string of the molecule is C[C@@H](NCc1cn2ccccc2c1C#N)[C@H](C)n1cccn1. The van der Waals surface area contributed by atoms with Crippen molar-refractivity contribution in [1.29, 1.82) is 5.26 Å². The van der Waals surface area contributed by atoms with Crippen molar-refractivity contribution in [3.05, 3.63) is 60.2 Å².